The number of hydrogen-bond donors (Lipinski definition) is 2. The molecule has 1 aromatic heterocycles. The standard InChI is InChI=1S/C19H14FN3O3/c20-15-4-1-3-14(11-15)19(25)23-22-18(24)13-6-8-16(9-7-13)26-17-5-2-10-21-12-17/h1-12H,(H,22,24)(H,23,25). The Hall–Kier alpha value is -3.74. The lowest BCUT2D eigenvalue weighted by Crippen LogP contribution is -2.41. The number of benzene rings is 2. The van der Waals surface area contributed by atoms with E-state index in [1.807, 2.05) is 0 Å². The van der Waals surface area contributed by atoms with Crippen molar-refractivity contribution in [1.29, 1.82) is 0 Å². The minimum atomic E-state index is -0.616. The molecule has 0 saturated carbocycles. The fourth-order valence-corrected chi connectivity index (χ4v) is 2.11. The summed E-state index contributed by atoms with van der Waals surface area (Å²) in [6, 6.07) is 15.0. The van der Waals surface area contributed by atoms with E-state index in [0.717, 1.165) is 6.07 Å². The maximum atomic E-state index is 13.1. The van der Waals surface area contributed by atoms with Crippen LogP contribution in [0.5, 0.6) is 11.5 Å². The lowest BCUT2D eigenvalue weighted by Gasteiger charge is -2.09. The van der Waals surface area contributed by atoms with Crippen molar-refractivity contribution in [1.82, 2.24) is 15.8 Å². The topological polar surface area (TPSA) is 80.3 Å². The molecule has 1 heterocycles. The van der Waals surface area contributed by atoms with Gasteiger partial charge in [-0.2, -0.15) is 0 Å². The zero-order chi connectivity index (χ0) is 18.4. The third-order valence-electron chi connectivity index (χ3n) is 3.36. The predicted molar refractivity (Wildman–Crippen MR) is 92.1 cm³/mol. The molecule has 0 saturated heterocycles. The van der Waals surface area contributed by atoms with E-state index < -0.39 is 17.6 Å². The van der Waals surface area contributed by atoms with Crippen LogP contribution in [0, 0.1) is 5.82 Å². The normalized spacial score (nSPS) is 10.0. The SMILES string of the molecule is O=C(NNC(=O)c1cccc(F)c1)c1ccc(Oc2cccnc2)cc1. The molecule has 0 unspecified atom stereocenters. The van der Waals surface area contributed by atoms with E-state index in [4.69, 9.17) is 4.74 Å². The molecule has 0 aliphatic carbocycles. The van der Waals surface area contributed by atoms with Crippen LogP contribution >= 0.6 is 0 Å². The number of nitrogens with zero attached hydrogens (tertiary/aromatic N) is 1. The number of carbonyl (C=O) groups excluding carboxylic acids is 2. The fourth-order valence-electron chi connectivity index (χ4n) is 2.11. The van der Waals surface area contributed by atoms with Crippen molar-refractivity contribution in [2.75, 3.05) is 0 Å². The smallest absolute Gasteiger partial charge is 0.269 e. The van der Waals surface area contributed by atoms with Gasteiger partial charge in [-0.3, -0.25) is 25.4 Å². The molecule has 0 aliphatic rings. The first kappa shape index (κ1) is 17.1. The number of hydrogen-bond acceptors (Lipinski definition) is 4. The number of carbonyl (C=O) groups is 2. The third-order valence-corrected chi connectivity index (χ3v) is 3.36. The largest absolute Gasteiger partial charge is 0.456 e. The Morgan fingerprint density at radius 1 is 0.846 bits per heavy atom. The first-order valence-corrected chi connectivity index (χ1v) is 7.66. The molecule has 26 heavy (non-hydrogen) atoms. The van der Waals surface area contributed by atoms with Crippen LogP contribution in [0.15, 0.2) is 73.1 Å². The minimum Gasteiger partial charge on any atom is -0.456 e. The van der Waals surface area contributed by atoms with Crippen LogP contribution in [-0.2, 0) is 0 Å². The van der Waals surface area contributed by atoms with Crippen molar-refractivity contribution in [2.45, 2.75) is 0 Å². The van der Waals surface area contributed by atoms with Crippen LogP contribution in [0.2, 0.25) is 0 Å². The molecule has 0 fully saturated rings. The maximum absolute atomic E-state index is 13.1. The molecular formula is C19H14FN3O3. The predicted octanol–water partition coefficient (Wildman–Crippen LogP) is 3.09. The van der Waals surface area contributed by atoms with E-state index >= 15 is 0 Å². The molecule has 3 rings (SSSR count). The number of halogens is 1. The Bertz CT molecular complexity index is 915. The van der Waals surface area contributed by atoms with Gasteiger partial charge in [0.25, 0.3) is 11.8 Å². The molecular weight excluding hydrogens is 337 g/mol. The number of amides is 2. The molecule has 2 amide bonds. The summed E-state index contributed by atoms with van der Waals surface area (Å²) in [5.41, 5.74) is 4.93. The highest BCUT2D eigenvalue weighted by Gasteiger charge is 2.10. The quantitative estimate of drug-likeness (QED) is 0.708. The minimum absolute atomic E-state index is 0.102. The first-order chi connectivity index (χ1) is 12.6. The molecule has 0 atom stereocenters. The molecule has 2 N–H and O–H groups in total. The maximum Gasteiger partial charge on any atom is 0.269 e. The molecule has 2 aromatic carbocycles. The van der Waals surface area contributed by atoms with Crippen LogP contribution in [0.4, 0.5) is 4.39 Å². The van der Waals surface area contributed by atoms with Crippen molar-refractivity contribution in [3.63, 3.8) is 0 Å². The molecule has 6 nitrogen and oxygen atoms in total. The number of rotatable bonds is 4. The summed E-state index contributed by atoms with van der Waals surface area (Å²) < 4.78 is 18.7. The zero-order valence-corrected chi connectivity index (χ0v) is 13.5. The lowest BCUT2D eigenvalue weighted by molar-refractivity contribution is 0.0846. The van der Waals surface area contributed by atoms with Gasteiger partial charge in [-0.05, 0) is 54.6 Å². The van der Waals surface area contributed by atoms with E-state index in [0.29, 0.717) is 17.1 Å². The second-order valence-electron chi connectivity index (χ2n) is 5.23. The summed E-state index contributed by atoms with van der Waals surface area (Å²) in [7, 11) is 0. The van der Waals surface area contributed by atoms with Crippen LogP contribution in [0.25, 0.3) is 0 Å². The molecule has 7 heteroatoms. The van der Waals surface area contributed by atoms with Gasteiger partial charge in [0.15, 0.2) is 0 Å². The van der Waals surface area contributed by atoms with Gasteiger partial charge in [-0.15, -0.1) is 0 Å². The highest BCUT2D eigenvalue weighted by atomic mass is 19.1. The third kappa shape index (κ3) is 4.41. The van der Waals surface area contributed by atoms with E-state index in [2.05, 4.69) is 15.8 Å². The van der Waals surface area contributed by atoms with E-state index in [9.17, 15) is 14.0 Å². The highest BCUT2D eigenvalue weighted by Crippen LogP contribution is 2.20. The van der Waals surface area contributed by atoms with E-state index in [-0.39, 0.29) is 5.56 Å². The summed E-state index contributed by atoms with van der Waals surface area (Å²) in [4.78, 5) is 27.9. The van der Waals surface area contributed by atoms with Crippen molar-refractivity contribution >= 4 is 11.8 Å². The number of aromatic nitrogens is 1. The van der Waals surface area contributed by atoms with Gasteiger partial charge in [0, 0.05) is 17.3 Å². The van der Waals surface area contributed by atoms with Crippen molar-refractivity contribution in [3.05, 3.63) is 90.0 Å². The van der Waals surface area contributed by atoms with Gasteiger partial charge in [0.1, 0.15) is 17.3 Å². The summed E-state index contributed by atoms with van der Waals surface area (Å²) in [6.07, 6.45) is 3.21. The molecule has 0 spiro atoms. The van der Waals surface area contributed by atoms with Gasteiger partial charge in [-0.1, -0.05) is 6.07 Å². The van der Waals surface area contributed by atoms with Gasteiger partial charge in [0.2, 0.25) is 0 Å². The van der Waals surface area contributed by atoms with Gasteiger partial charge >= 0.3 is 0 Å². The summed E-state index contributed by atoms with van der Waals surface area (Å²) in [6.45, 7) is 0. The van der Waals surface area contributed by atoms with Crippen molar-refractivity contribution < 1.29 is 18.7 Å². The lowest BCUT2D eigenvalue weighted by atomic mass is 10.2. The van der Waals surface area contributed by atoms with Crippen LogP contribution < -0.4 is 15.6 Å². The Kier molecular flexibility index (Phi) is 5.19. The zero-order valence-electron chi connectivity index (χ0n) is 13.5. The highest BCUT2D eigenvalue weighted by molar-refractivity contribution is 5.99. The van der Waals surface area contributed by atoms with Gasteiger partial charge in [0.05, 0.1) is 6.20 Å². The van der Waals surface area contributed by atoms with E-state index in [1.54, 1.807) is 48.8 Å². The monoisotopic (exact) mass is 351 g/mol. The molecule has 130 valence electrons. The summed E-state index contributed by atoms with van der Waals surface area (Å²) in [5.74, 6) is -0.546. The number of nitrogens with one attached hydrogen (secondary N) is 2. The first-order valence-electron chi connectivity index (χ1n) is 7.66. The Morgan fingerprint density at radius 3 is 2.23 bits per heavy atom. The van der Waals surface area contributed by atoms with Crippen LogP contribution in [0.3, 0.4) is 0 Å². The molecule has 3 aromatic rings. The number of ether oxygens (including phenoxy) is 1. The summed E-state index contributed by atoms with van der Waals surface area (Å²) >= 11 is 0. The fraction of sp³-hybridized carbons (Fsp3) is 0. The Labute approximate surface area is 148 Å². The average Bonchev–Trinajstić information content (AvgIpc) is 2.67. The van der Waals surface area contributed by atoms with Gasteiger partial charge < -0.3 is 4.74 Å². The van der Waals surface area contributed by atoms with Crippen LogP contribution in [-0.4, -0.2) is 16.8 Å². The molecule has 0 aliphatic heterocycles. The van der Waals surface area contributed by atoms with Crippen molar-refractivity contribution in [3.8, 4) is 11.5 Å². The average molecular weight is 351 g/mol. The molecule has 0 radical (unpaired) electrons. The molecule has 0 bridgehead atoms. The Morgan fingerprint density at radius 2 is 1.58 bits per heavy atom. The second-order valence-corrected chi connectivity index (χ2v) is 5.23. The second kappa shape index (κ2) is 7.89. The van der Waals surface area contributed by atoms with Crippen LogP contribution in [0.1, 0.15) is 20.7 Å². The van der Waals surface area contributed by atoms with E-state index in [1.165, 1.54) is 18.2 Å². The van der Waals surface area contributed by atoms with Crippen molar-refractivity contribution in [2.24, 2.45) is 0 Å². The van der Waals surface area contributed by atoms with Gasteiger partial charge in [-0.25, -0.2) is 4.39 Å². The summed E-state index contributed by atoms with van der Waals surface area (Å²) in [5, 5.41) is 0. The number of hydrazine groups is 1. The number of pyridine rings is 1. The Balaban J connectivity index is 1.57.